The van der Waals surface area contributed by atoms with Crippen LogP contribution in [-0.4, -0.2) is 43.3 Å². The highest BCUT2D eigenvalue weighted by Crippen LogP contribution is 2.44. The van der Waals surface area contributed by atoms with E-state index in [0.29, 0.717) is 5.92 Å². The summed E-state index contributed by atoms with van der Waals surface area (Å²) in [7, 11) is 0. The number of hydrogen-bond donors (Lipinski definition) is 0. The van der Waals surface area contributed by atoms with Gasteiger partial charge in [0.25, 0.3) is 0 Å². The van der Waals surface area contributed by atoms with Crippen molar-refractivity contribution in [2.45, 2.75) is 57.2 Å². The zero-order valence-corrected chi connectivity index (χ0v) is 18.9. The van der Waals surface area contributed by atoms with Crippen molar-refractivity contribution in [3.63, 3.8) is 0 Å². The largest absolute Gasteiger partial charge is 0.357 e. The minimum atomic E-state index is -0.303. The molecule has 0 amide bonds. The molecule has 3 aliphatic rings. The zero-order chi connectivity index (χ0) is 21.9. The van der Waals surface area contributed by atoms with E-state index in [0.717, 1.165) is 67.2 Å². The molecule has 3 aromatic rings. The van der Waals surface area contributed by atoms with Crippen LogP contribution in [0.1, 0.15) is 55.7 Å². The first-order chi connectivity index (χ1) is 15.5. The fourth-order valence-corrected chi connectivity index (χ4v) is 5.29. The Bertz CT molecular complexity index is 1150. The SMILES string of the molecule is CC1(N2Cc3cc(Cl)ccc3-n3c(nnc3C3CCN(c4ccc(F)cn4)CC3)C2)CC1. The maximum absolute atomic E-state index is 13.2. The summed E-state index contributed by atoms with van der Waals surface area (Å²) >= 11 is 6.39. The Balaban J connectivity index is 1.31. The van der Waals surface area contributed by atoms with Crippen molar-refractivity contribution in [1.29, 1.82) is 0 Å². The van der Waals surface area contributed by atoms with Gasteiger partial charge in [-0.15, -0.1) is 10.2 Å². The van der Waals surface area contributed by atoms with Crippen molar-refractivity contribution in [3.8, 4) is 5.69 Å². The summed E-state index contributed by atoms with van der Waals surface area (Å²) in [6.07, 6.45) is 5.65. The molecule has 1 aliphatic carbocycles. The summed E-state index contributed by atoms with van der Waals surface area (Å²) in [6, 6.07) is 9.40. The van der Waals surface area contributed by atoms with Crippen LogP contribution < -0.4 is 4.90 Å². The fourth-order valence-electron chi connectivity index (χ4n) is 5.09. The second kappa shape index (κ2) is 7.52. The highest BCUT2D eigenvalue weighted by atomic mass is 35.5. The highest BCUT2D eigenvalue weighted by molar-refractivity contribution is 6.30. The Kier molecular flexibility index (Phi) is 4.73. The van der Waals surface area contributed by atoms with Crippen LogP contribution in [0.4, 0.5) is 10.2 Å². The number of piperidine rings is 1. The maximum Gasteiger partial charge on any atom is 0.151 e. The monoisotopic (exact) mass is 452 g/mol. The first kappa shape index (κ1) is 20.1. The number of hydrogen-bond acceptors (Lipinski definition) is 5. The van der Waals surface area contributed by atoms with E-state index < -0.39 is 0 Å². The molecule has 0 radical (unpaired) electrons. The number of pyridine rings is 1. The van der Waals surface area contributed by atoms with Gasteiger partial charge in [-0.25, -0.2) is 9.37 Å². The normalized spacial score (nSPS) is 20.5. The van der Waals surface area contributed by atoms with E-state index in [9.17, 15) is 4.39 Å². The summed E-state index contributed by atoms with van der Waals surface area (Å²) in [4.78, 5) is 9.00. The van der Waals surface area contributed by atoms with Crippen LogP contribution in [-0.2, 0) is 13.1 Å². The van der Waals surface area contributed by atoms with E-state index >= 15 is 0 Å². The van der Waals surface area contributed by atoms with E-state index in [1.807, 2.05) is 6.07 Å². The number of aromatic nitrogens is 4. The fraction of sp³-hybridized carbons (Fsp3) is 0.458. The van der Waals surface area contributed by atoms with Crippen molar-refractivity contribution < 1.29 is 4.39 Å². The van der Waals surface area contributed by atoms with Crippen LogP contribution in [0.25, 0.3) is 5.69 Å². The standard InChI is InChI=1S/C24H26ClFN6/c1-24(8-9-24)31-14-17-12-18(25)2-4-20(17)32-22(15-31)28-29-23(32)16-6-10-30(11-7-16)21-5-3-19(26)13-27-21/h2-5,12-13,16H,6-11,14-15H2,1H3. The predicted octanol–water partition coefficient (Wildman–Crippen LogP) is 4.71. The van der Waals surface area contributed by atoms with Gasteiger partial charge >= 0.3 is 0 Å². The molecule has 4 heterocycles. The van der Waals surface area contributed by atoms with Gasteiger partial charge in [-0.1, -0.05) is 11.6 Å². The van der Waals surface area contributed by atoms with Gasteiger partial charge in [-0.3, -0.25) is 9.47 Å². The third-order valence-electron chi connectivity index (χ3n) is 7.36. The Labute approximate surface area is 192 Å². The quantitative estimate of drug-likeness (QED) is 0.576. The Hall–Kier alpha value is -2.51. The van der Waals surface area contributed by atoms with Crippen LogP contribution in [0.15, 0.2) is 36.5 Å². The molecule has 2 aliphatic heterocycles. The average molecular weight is 453 g/mol. The van der Waals surface area contributed by atoms with Gasteiger partial charge in [0.1, 0.15) is 17.5 Å². The summed E-state index contributed by atoms with van der Waals surface area (Å²) in [5, 5.41) is 10.1. The Morgan fingerprint density at radius 3 is 2.59 bits per heavy atom. The molecule has 0 spiro atoms. The molecule has 0 N–H and O–H groups in total. The average Bonchev–Trinajstić information content (AvgIpc) is 3.46. The molecule has 2 aromatic heterocycles. The number of fused-ring (bicyclic) bond motifs is 3. The molecule has 0 bridgehead atoms. The van der Waals surface area contributed by atoms with Crippen LogP contribution in [0, 0.1) is 5.82 Å². The van der Waals surface area contributed by atoms with E-state index in [4.69, 9.17) is 16.7 Å². The molecule has 1 saturated heterocycles. The van der Waals surface area contributed by atoms with Gasteiger partial charge < -0.3 is 4.90 Å². The van der Waals surface area contributed by atoms with Crippen LogP contribution in [0.5, 0.6) is 0 Å². The van der Waals surface area contributed by atoms with Crippen molar-refractivity contribution in [1.82, 2.24) is 24.6 Å². The summed E-state index contributed by atoms with van der Waals surface area (Å²) < 4.78 is 15.5. The molecule has 0 atom stereocenters. The molecular weight excluding hydrogens is 427 g/mol. The lowest BCUT2D eigenvalue weighted by atomic mass is 9.95. The van der Waals surface area contributed by atoms with Gasteiger partial charge in [0.05, 0.1) is 18.4 Å². The van der Waals surface area contributed by atoms with Crippen molar-refractivity contribution in [2.24, 2.45) is 0 Å². The van der Waals surface area contributed by atoms with Gasteiger partial charge in [0.15, 0.2) is 5.82 Å². The molecule has 8 heteroatoms. The molecule has 0 unspecified atom stereocenters. The predicted molar refractivity (Wildman–Crippen MR) is 122 cm³/mol. The van der Waals surface area contributed by atoms with Gasteiger partial charge in [-0.2, -0.15) is 0 Å². The summed E-state index contributed by atoms with van der Waals surface area (Å²) in [5.74, 6) is 2.90. The van der Waals surface area contributed by atoms with E-state index in [2.05, 4.69) is 43.5 Å². The first-order valence-electron chi connectivity index (χ1n) is 11.3. The lowest BCUT2D eigenvalue weighted by molar-refractivity contribution is 0.170. The van der Waals surface area contributed by atoms with E-state index in [-0.39, 0.29) is 11.4 Å². The molecule has 2 fully saturated rings. The lowest BCUT2D eigenvalue weighted by Crippen LogP contribution is -2.34. The van der Waals surface area contributed by atoms with Crippen molar-refractivity contribution >= 4 is 17.4 Å². The Morgan fingerprint density at radius 1 is 1.06 bits per heavy atom. The summed E-state index contributed by atoms with van der Waals surface area (Å²) in [5.41, 5.74) is 2.63. The smallest absolute Gasteiger partial charge is 0.151 e. The number of anilines is 1. The van der Waals surface area contributed by atoms with Crippen LogP contribution in [0.2, 0.25) is 5.02 Å². The maximum atomic E-state index is 13.2. The molecule has 166 valence electrons. The first-order valence-corrected chi connectivity index (χ1v) is 11.7. The number of nitrogens with zero attached hydrogens (tertiary/aromatic N) is 6. The van der Waals surface area contributed by atoms with Gasteiger partial charge in [-0.05, 0) is 68.5 Å². The van der Waals surface area contributed by atoms with Crippen molar-refractivity contribution in [2.75, 3.05) is 18.0 Å². The lowest BCUT2D eigenvalue weighted by Gasteiger charge is -2.32. The third-order valence-corrected chi connectivity index (χ3v) is 7.60. The highest BCUT2D eigenvalue weighted by Gasteiger charge is 2.45. The Morgan fingerprint density at radius 2 is 1.88 bits per heavy atom. The minimum Gasteiger partial charge on any atom is -0.357 e. The van der Waals surface area contributed by atoms with Crippen LogP contribution in [0.3, 0.4) is 0 Å². The minimum absolute atomic E-state index is 0.244. The van der Waals surface area contributed by atoms with Crippen molar-refractivity contribution in [3.05, 3.63) is 64.6 Å². The van der Waals surface area contributed by atoms with E-state index in [1.54, 1.807) is 6.07 Å². The number of rotatable bonds is 3. The molecule has 6 rings (SSSR count). The molecule has 32 heavy (non-hydrogen) atoms. The molecule has 6 nitrogen and oxygen atoms in total. The second-order valence-corrected chi connectivity index (χ2v) is 9.97. The second-order valence-electron chi connectivity index (χ2n) is 9.53. The van der Waals surface area contributed by atoms with E-state index in [1.165, 1.54) is 30.7 Å². The van der Waals surface area contributed by atoms with Gasteiger partial charge in [0, 0.05) is 36.1 Å². The number of halogens is 2. The third kappa shape index (κ3) is 3.48. The van der Waals surface area contributed by atoms with Gasteiger partial charge in [0.2, 0.25) is 0 Å². The molecule has 1 aromatic carbocycles. The topological polar surface area (TPSA) is 50.1 Å². The zero-order valence-electron chi connectivity index (χ0n) is 18.1. The summed E-state index contributed by atoms with van der Waals surface area (Å²) in [6.45, 7) is 5.74. The molecule has 1 saturated carbocycles. The molecular formula is C24H26ClFN6. The van der Waals surface area contributed by atoms with Crippen LogP contribution >= 0.6 is 11.6 Å². The number of benzene rings is 1.